The topological polar surface area (TPSA) is 29.3 Å². The van der Waals surface area contributed by atoms with Crippen molar-refractivity contribution in [3.63, 3.8) is 0 Å². The molecule has 3 aromatic carbocycles. The van der Waals surface area contributed by atoms with Gasteiger partial charge in [-0.3, -0.25) is 0 Å². The molecular weight excluding hydrogens is 414 g/mol. The van der Waals surface area contributed by atoms with Gasteiger partial charge in [-0.2, -0.15) is 13.2 Å². The lowest BCUT2D eigenvalue weighted by atomic mass is 9.41. The van der Waals surface area contributed by atoms with E-state index in [9.17, 15) is 18.0 Å². The third-order valence-corrected chi connectivity index (χ3v) is 5.89. The number of alkyl halides is 3. The molecule has 0 N–H and O–H groups in total. The lowest BCUT2D eigenvalue weighted by molar-refractivity contribution is -0.420. The van der Waals surface area contributed by atoms with Gasteiger partial charge in [0, 0.05) is 11.5 Å². The van der Waals surface area contributed by atoms with E-state index in [0.717, 1.165) is 23.1 Å². The Morgan fingerprint density at radius 2 is 1.44 bits per heavy atom. The van der Waals surface area contributed by atoms with Crippen molar-refractivity contribution < 1.29 is 27.1 Å². The Bertz CT molecular complexity index is 1120. The van der Waals surface area contributed by atoms with Gasteiger partial charge in [-0.15, -0.1) is 0 Å². The van der Waals surface area contributed by atoms with Gasteiger partial charge in [-0.1, -0.05) is 97.6 Å². The normalized spacial score (nSPS) is 15.9. The van der Waals surface area contributed by atoms with Crippen LogP contribution in [0.3, 0.4) is 0 Å². The Labute approximate surface area is 185 Å². The Kier molecular flexibility index (Phi) is 5.67. The van der Waals surface area contributed by atoms with Crippen LogP contribution in [0.2, 0.25) is 0 Å². The third kappa shape index (κ3) is 3.83. The fraction of sp³-hybridized carbons (Fsp3) is 0.200. The van der Waals surface area contributed by atoms with Crippen molar-refractivity contribution in [3.8, 4) is 0 Å². The van der Waals surface area contributed by atoms with E-state index in [4.69, 9.17) is 4.65 Å². The van der Waals surface area contributed by atoms with Crippen LogP contribution in [0.5, 0.6) is 0 Å². The van der Waals surface area contributed by atoms with Crippen LogP contribution in [0, 0.1) is 5.92 Å². The molecule has 3 nitrogen and oxygen atoms in total. The third-order valence-electron chi connectivity index (χ3n) is 5.89. The second-order valence-corrected chi connectivity index (χ2v) is 8.34. The number of carbonyl (C=O) groups is 1. The fourth-order valence-electron chi connectivity index (χ4n) is 4.53. The van der Waals surface area contributed by atoms with Crippen LogP contribution >= 0.6 is 0 Å². The number of hydrogen-bond donors (Lipinski definition) is 0. The number of benzene rings is 3. The van der Waals surface area contributed by atoms with Gasteiger partial charge in [0.15, 0.2) is 0 Å². The van der Waals surface area contributed by atoms with Crippen molar-refractivity contribution >= 4 is 29.1 Å². The highest BCUT2D eigenvalue weighted by Crippen LogP contribution is 2.30. The van der Waals surface area contributed by atoms with Gasteiger partial charge in [0.2, 0.25) is 5.71 Å². The fourth-order valence-corrected chi connectivity index (χ4v) is 4.53. The standard InChI is InChI=1S/C25H23BF3NO2/c1-18(2)23-24(31)32-26(21-12-5-3-6-13-21,22-14-7-4-8-15-22)30(23)17-19-10-9-11-20(16-19)25(27,28)29/h3-16,18H,17H2,1-2H3. The minimum Gasteiger partial charge on any atom is -0.617 e. The molecule has 0 amide bonds. The van der Waals surface area contributed by atoms with E-state index in [0.29, 0.717) is 11.3 Å². The number of nitrogens with zero attached hydrogens (tertiary/aromatic N) is 1. The van der Waals surface area contributed by atoms with E-state index in [1.165, 1.54) is 6.07 Å². The van der Waals surface area contributed by atoms with Gasteiger partial charge < -0.3 is 9.14 Å². The van der Waals surface area contributed by atoms with Crippen molar-refractivity contribution in [1.82, 2.24) is 0 Å². The highest BCUT2D eigenvalue weighted by atomic mass is 19.4. The van der Waals surface area contributed by atoms with Gasteiger partial charge in [0.05, 0.1) is 5.56 Å². The molecule has 164 valence electrons. The Morgan fingerprint density at radius 1 is 0.875 bits per heavy atom. The molecule has 1 aliphatic rings. The summed E-state index contributed by atoms with van der Waals surface area (Å²) in [5.74, 6) is -0.621. The average Bonchev–Trinajstić information content (AvgIpc) is 3.07. The highest BCUT2D eigenvalue weighted by Gasteiger charge is 2.54. The van der Waals surface area contributed by atoms with Crippen LogP contribution in [0.1, 0.15) is 25.0 Å². The predicted molar refractivity (Wildman–Crippen MR) is 119 cm³/mol. The predicted octanol–water partition coefficient (Wildman–Crippen LogP) is 4.13. The van der Waals surface area contributed by atoms with Gasteiger partial charge >= 0.3 is 18.6 Å². The molecule has 0 saturated heterocycles. The first-order valence-electron chi connectivity index (χ1n) is 10.5. The maximum Gasteiger partial charge on any atom is 0.511 e. The molecule has 32 heavy (non-hydrogen) atoms. The van der Waals surface area contributed by atoms with Gasteiger partial charge in [-0.25, -0.2) is 4.79 Å². The summed E-state index contributed by atoms with van der Waals surface area (Å²) in [5, 5.41) is 0. The van der Waals surface area contributed by atoms with E-state index >= 15 is 0 Å². The largest absolute Gasteiger partial charge is 0.617 e. The zero-order valence-electron chi connectivity index (χ0n) is 17.8. The van der Waals surface area contributed by atoms with Gasteiger partial charge in [-0.05, 0) is 12.1 Å². The van der Waals surface area contributed by atoms with E-state index < -0.39 is 24.2 Å². The quantitative estimate of drug-likeness (QED) is 0.562. The molecule has 0 radical (unpaired) electrons. The summed E-state index contributed by atoms with van der Waals surface area (Å²) < 4.78 is 48.0. The summed E-state index contributed by atoms with van der Waals surface area (Å²) in [6.45, 7) is 1.69. The van der Waals surface area contributed by atoms with E-state index in [1.54, 1.807) is 6.07 Å². The number of halogens is 3. The molecule has 0 unspecified atom stereocenters. The average molecular weight is 437 g/mol. The van der Waals surface area contributed by atoms with E-state index in [2.05, 4.69) is 0 Å². The maximum atomic E-state index is 13.3. The SMILES string of the molecule is CC(C)C1=[N+](Cc2cccc(C(F)(F)F)c2)[B-](c2ccccc2)(c2ccccc2)OC1=O. The lowest BCUT2D eigenvalue weighted by Crippen LogP contribution is -2.66. The smallest absolute Gasteiger partial charge is 0.511 e. The molecule has 0 atom stereocenters. The van der Waals surface area contributed by atoms with Crippen molar-refractivity contribution in [3.05, 3.63) is 96.1 Å². The summed E-state index contributed by atoms with van der Waals surface area (Å²) in [6.07, 6.45) is -4.45. The van der Waals surface area contributed by atoms with Crippen LogP contribution in [0.25, 0.3) is 0 Å². The molecule has 0 spiro atoms. The number of carbonyl (C=O) groups excluding carboxylic acids is 1. The van der Waals surface area contributed by atoms with Crippen LogP contribution in [0.4, 0.5) is 13.2 Å². The highest BCUT2D eigenvalue weighted by molar-refractivity contribution is 6.94. The molecule has 0 aromatic heterocycles. The molecule has 0 fully saturated rings. The van der Waals surface area contributed by atoms with E-state index in [-0.39, 0.29) is 12.5 Å². The van der Waals surface area contributed by atoms with Crippen molar-refractivity contribution in [2.24, 2.45) is 5.92 Å². The summed E-state index contributed by atoms with van der Waals surface area (Å²) >= 11 is 0. The summed E-state index contributed by atoms with van der Waals surface area (Å²) in [4.78, 5) is 13.1. The molecule has 1 heterocycles. The molecule has 0 saturated carbocycles. The van der Waals surface area contributed by atoms with Crippen molar-refractivity contribution in [1.29, 1.82) is 0 Å². The first kappa shape index (κ1) is 21.9. The molecule has 0 aliphatic carbocycles. The molecule has 1 aliphatic heterocycles. The summed E-state index contributed by atoms with van der Waals surface area (Å²) in [7, 11) is 0. The molecular formula is C25H23BF3NO2. The second kappa shape index (κ2) is 8.30. The zero-order chi connectivity index (χ0) is 22.9. The summed E-state index contributed by atoms with van der Waals surface area (Å²) in [5.41, 5.74) is 1.76. The van der Waals surface area contributed by atoms with E-state index in [1.807, 2.05) is 79.0 Å². The van der Waals surface area contributed by atoms with Crippen molar-refractivity contribution in [2.45, 2.75) is 26.6 Å². The first-order valence-corrected chi connectivity index (χ1v) is 10.5. The second-order valence-electron chi connectivity index (χ2n) is 8.34. The summed E-state index contributed by atoms with van der Waals surface area (Å²) in [6, 6.07) is 24.0. The van der Waals surface area contributed by atoms with Gasteiger partial charge in [0.1, 0.15) is 6.54 Å². The Morgan fingerprint density at radius 3 is 1.94 bits per heavy atom. The van der Waals surface area contributed by atoms with Crippen LogP contribution in [0.15, 0.2) is 84.9 Å². The molecule has 0 bridgehead atoms. The number of hydrogen-bond acceptors (Lipinski definition) is 2. The first-order chi connectivity index (χ1) is 15.2. The molecule has 3 aromatic rings. The lowest BCUT2D eigenvalue weighted by Gasteiger charge is -2.33. The maximum absolute atomic E-state index is 13.3. The van der Waals surface area contributed by atoms with Gasteiger partial charge in [0.25, 0.3) is 0 Å². The number of rotatable bonds is 5. The Balaban J connectivity index is 1.95. The molecule has 4 rings (SSSR count). The molecule has 7 heteroatoms. The zero-order valence-corrected chi connectivity index (χ0v) is 17.8. The Hall–Kier alpha value is -3.35. The van der Waals surface area contributed by atoms with Crippen LogP contribution in [-0.2, 0) is 22.2 Å². The van der Waals surface area contributed by atoms with Crippen LogP contribution in [-0.4, -0.2) is 22.7 Å². The monoisotopic (exact) mass is 437 g/mol. The minimum atomic E-state index is -4.45. The van der Waals surface area contributed by atoms with Crippen LogP contribution < -0.4 is 10.9 Å². The minimum absolute atomic E-state index is 0.104. The van der Waals surface area contributed by atoms with Crippen molar-refractivity contribution in [2.75, 3.05) is 0 Å².